The van der Waals surface area contributed by atoms with E-state index >= 15 is 0 Å². The number of nitrogens with one attached hydrogen (secondary N) is 1. The SMILES string of the molecule is COc1cccc2cc(C(=O)Nc3cc(C)cc(C)c3)/c(=N/O)oc12. The van der Waals surface area contributed by atoms with Crippen LogP contribution in [0.25, 0.3) is 11.0 Å². The number of para-hydroxylation sites is 1. The average Bonchev–Trinajstić information content (AvgIpc) is 2.58. The van der Waals surface area contributed by atoms with Crippen molar-refractivity contribution in [3.8, 4) is 5.75 Å². The van der Waals surface area contributed by atoms with Crippen LogP contribution in [0.1, 0.15) is 21.5 Å². The van der Waals surface area contributed by atoms with Gasteiger partial charge in [0.1, 0.15) is 5.56 Å². The van der Waals surface area contributed by atoms with Crippen molar-refractivity contribution in [2.24, 2.45) is 5.16 Å². The Morgan fingerprint density at radius 3 is 2.52 bits per heavy atom. The fourth-order valence-electron chi connectivity index (χ4n) is 2.77. The van der Waals surface area contributed by atoms with Gasteiger partial charge in [-0.1, -0.05) is 18.2 Å². The Morgan fingerprint density at radius 2 is 1.88 bits per heavy atom. The Hall–Kier alpha value is -3.28. The second-order valence-electron chi connectivity index (χ2n) is 5.77. The number of methoxy groups -OCH3 is 1. The lowest BCUT2D eigenvalue weighted by molar-refractivity contribution is 0.102. The highest BCUT2D eigenvalue weighted by Gasteiger charge is 2.15. The molecular weight excluding hydrogens is 320 g/mol. The van der Waals surface area contributed by atoms with Gasteiger partial charge in [0.25, 0.3) is 11.5 Å². The van der Waals surface area contributed by atoms with E-state index in [-0.39, 0.29) is 11.1 Å². The maximum atomic E-state index is 12.6. The second kappa shape index (κ2) is 6.68. The molecule has 0 aliphatic heterocycles. The maximum absolute atomic E-state index is 12.6. The Morgan fingerprint density at radius 1 is 1.16 bits per heavy atom. The van der Waals surface area contributed by atoms with E-state index in [0.29, 0.717) is 22.4 Å². The molecule has 3 aromatic rings. The van der Waals surface area contributed by atoms with E-state index in [9.17, 15) is 10.0 Å². The number of carbonyl (C=O) groups is 1. The molecule has 0 aliphatic rings. The van der Waals surface area contributed by atoms with Crippen LogP contribution in [0.4, 0.5) is 5.69 Å². The summed E-state index contributed by atoms with van der Waals surface area (Å²) in [5.74, 6) is 0.0648. The molecule has 0 radical (unpaired) electrons. The first kappa shape index (κ1) is 16.6. The first-order valence-electron chi connectivity index (χ1n) is 7.70. The molecule has 1 aromatic heterocycles. The third-order valence-corrected chi connectivity index (χ3v) is 3.77. The molecule has 128 valence electrons. The monoisotopic (exact) mass is 338 g/mol. The van der Waals surface area contributed by atoms with Crippen LogP contribution < -0.4 is 15.6 Å². The summed E-state index contributed by atoms with van der Waals surface area (Å²) < 4.78 is 10.8. The number of ether oxygens (including phenoxy) is 1. The van der Waals surface area contributed by atoms with Crippen molar-refractivity contribution in [2.45, 2.75) is 13.8 Å². The van der Waals surface area contributed by atoms with Crippen molar-refractivity contribution in [3.05, 3.63) is 64.7 Å². The third-order valence-electron chi connectivity index (χ3n) is 3.77. The number of fused-ring (bicyclic) bond motifs is 1. The van der Waals surface area contributed by atoms with Crippen LogP contribution in [0.3, 0.4) is 0 Å². The maximum Gasteiger partial charge on any atom is 0.268 e. The summed E-state index contributed by atoms with van der Waals surface area (Å²) in [6.45, 7) is 3.91. The molecule has 0 saturated heterocycles. The molecule has 1 amide bonds. The molecule has 0 saturated carbocycles. The van der Waals surface area contributed by atoms with Crippen molar-refractivity contribution in [1.82, 2.24) is 0 Å². The molecule has 0 spiro atoms. The van der Waals surface area contributed by atoms with Crippen LogP contribution in [-0.4, -0.2) is 18.2 Å². The molecule has 6 heteroatoms. The molecule has 0 unspecified atom stereocenters. The zero-order valence-electron chi connectivity index (χ0n) is 14.2. The van der Waals surface area contributed by atoms with E-state index in [2.05, 4.69) is 10.5 Å². The van der Waals surface area contributed by atoms with E-state index in [1.807, 2.05) is 32.0 Å². The lowest BCUT2D eigenvalue weighted by atomic mass is 10.1. The number of amides is 1. The van der Waals surface area contributed by atoms with Crippen LogP contribution in [0.2, 0.25) is 0 Å². The Labute approximate surface area is 144 Å². The molecular formula is C19H18N2O4. The van der Waals surface area contributed by atoms with Gasteiger partial charge in [-0.2, -0.15) is 0 Å². The normalized spacial score (nSPS) is 11.6. The topological polar surface area (TPSA) is 84.1 Å². The molecule has 25 heavy (non-hydrogen) atoms. The van der Waals surface area contributed by atoms with E-state index in [4.69, 9.17) is 9.15 Å². The summed E-state index contributed by atoms with van der Waals surface area (Å²) in [6, 6.07) is 12.6. The number of nitrogens with zero attached hydrogens (tertiary/aromatic N) is 1. The lowest BCUT2D eigenvalue weighted by Crippen LogP contribution is -2.21. The number of carbonyl (C=O) groups excluding carboxylic acids is 1. The van der Waals surface area contributed by atoms with Crippen molar-refractivity contribution in [1.29, 1.82) is 0 Å². The standard InChI is InChI=1S/C19H18N2O4/c1-11-7-12(2)9-14(8-11)20-18(22)15-10-13-5-4-6-16(24-3)17(13)25-19(15)21-23/h4-10,23H,1-3H3,(H,20,22)/b21-19-. The van der Waals surface area contributed by atoms with Crippen molar-refractivity contribution < 1.29 is 19.2 Å². The van der Waals surface area contributed by atoms with Gasteiger partial charge in [0.05, 0.1) is 7.11 Å². The molecule has 0 bridgehead atoms. The van der Waals surface area contributed by atoms with Crippen molar-refractivity contribution >= 4 is 22.6 Å². The number of anilines is 1. The van der Waals surface area contributed by atoms with Gasteiger partial charge < -0.3 is 19.7 Å². The van der Waals surface area contributed by atoms with E-state index in [0.717, 1.165) is 11.1 Å². The summed E-state index contributed by atoms with van der Waals surface area (Å²) in [6.07, 6.45) is 0. The quantitative estimate of drug-likeness (QED) is 0.564. The molecule has 2 N–H and O–H groups in total. The minimum atomic E-state index is -0.425. The van der Waals surface area contributed by atoms with Gasteiger partial charge >= 0.3 is 0 Å². The van der Waals surface area contributed by atoms with Gasteiger partial charge in [0, 0.05) is 11.1 Å². The predicted octanol–water partition coefficient (Wildman–Crippen LogP) is 3.60. The van der Waals surface area contributed by atoms with Crippen molar-refractivity contribution in [3.63, 3.8) is 0 Å². The summed E-state index contributed by atoms with van der Waals surface area (Å²) in [5.41, 5.74) is 3.09. The number of hydrogen-bond donors (Lipinski definition) is 2. The average molecular weight is 338 g/mol. The van der Waals surface area contributed by atoms with E-state index in [1.165, 1.54) is 7.11 Å². The molecule has 0 aliphatic carbocycles. The van der Waals surface area contributed by atoms with Crippen LogP contribution in [-0.2, 0) is 0 Å². The van der Waals surface area contributed by atoms with E-state index in [1.54, 1.807) is 24.3 Å². The molecule has 0 atom stereocenters. The number of hydrogen-bond acceptors (Lipinski definition) is 5. The fraction of sp³-hybridized carbons (Fsp3) is 0.158. The third kappa shape index (κ3) is 3.33. The van der Waals surface area contributed by atoms with Gasteiger partial charge in [-0.25, -0.2) is 0 Å². The predicted molar refractivity (Wildman–Crippen MR) is 94.0 cm³/mol. The van der Waals surface area contributed by atoms with Crippen LogP contribution in [0.15, 0.2) is 52.0 Å². The highest BCUT2D eigenvalue weighted by Crippen LogP contribution is 2.24. The van der Waals surface area contributed by atoms with Gasteiger partial charge in [-0.3, -0.25) is 4.79 Å². The Bertz CT molecular complexity index is 1000. The van der Waals surface area contributed by atoms with Crippen LogP contribution >= 0.6 is 0 Å². The summed E-state index contributed by atoms with van der Waals surface area (Å²) in [4.78, 5) is 12.6. The molecule has 2 aromatic carbocycles. The number of benzene rings is 2. The first-order chi connectivity index (χ1) is 12.0. The zero-order chi connectivity index (χ0) is 18.0. The molecule has 0 fully saturated rings. The van der Waals surface area contributed by atoms with Gasteiger partial charge in [-0.15, -0.1) is 0 Å². The zero-order valence-corrected chi connectivity index (χ0v) is 14.2. The smallest absolute Gasteiger partial charge is 0.268 e. The Balaban J connectivity index is 2.06. The summed E-state index contributed by atoms with van der Waals surface area (Å²) in [5, 5.41) is 15.8. The molecule has 1 heterocycles. The van der Waals surface area contributed by atoms with E-state index < -0.39 is 5.91 Å². The largest absolute Gasteiger partial charge is 0.493 e. The van der Waals surface area contributed by atoms with Gasteiger partial charge in [-0.05, 0) is 54.4 Å². The highest BCUT2D eigenvalue weighted by atomic mass is 16.5. The molecule has 6 nitrogen and oxygen atoms in total. The minimum Gasteiger partial charge on any atom is -0.493 e. The van der Waals surface area contributed by atoms with Gasteiger partial charge in [0.15, 0.2) is 11.3 Å². The van der Waals surface area contributed by atoms with Gasteiger partial charge in [0.2, 0.25) is 0 Å². The fourth-order valence-corrected chi connectivity index (χ4v) is 2.77. The molecule has 3 rings (SSSR count). The Kier molecular flexibility index (Phi) is 4.43. The number of rotatable bonds is 3. The second-order valence-corrected chi connectivity index (χ2v) is 5.77. The van der Waals surface area contributed by atoms with Crippen LogP contribution in [0, 0.1) is 13.8 Å². The minimum absolute atomic E-state index is 0.127. The summed E-state index contributed by atoms with van der Waals surface area (Å²) in [7, 11) is 1.51. The highest BCUT2D eigenvalue weighted by molar-refractivity contribution is 6.05. The van der Waals surface area contributed by atoms with Crippen molar-refractivity contribution in [2.75, 3.05) is 12.4 Å². The lowest BCUT2D eigenvalue weighted by Gasteiger charge is -2.09. The number of aryl methyl sites for hydroxylation is 2. The summed E-state index contributed by atoms with van der Waals surface area (Å²) >= 11 is 0. The first-order valence-corrected chi connectivity index (χ1v) is 7.70. The van der Waals surface area contributed by atoms with Crippen LogP contribution in [0.5, 0.6) is 5.75 Å².